The van der Waals surface area contributed by atoms with Crippen molar-refractivity contribution >= 4 is 27.5 Å². The van der Waals surface area contributed by atoms with E-state index in [1.54, 1.807) is 12.1 Å². The number of hydrogen-bond acceptors (Lipinski definition) is 2. The predicted molar refractivity (Wildman–Crippen MR) is 85.5 cm³/mol. The molecule has 2 nitrogen and oxygen atoms in total. The molecule has 0 amide bonds. The molecule has 2 aromatic rings. The summed E-state index contributed by atoms with van der Waals surface area (Å²) in [7, 11) is 0. The summed E-state index contributed by atoms with van der Waals surface area (Å²) in [6.45, 7) is 0.712. The van der Waals surface area contributed by atoms with Gasteiger partial charge in [0.1, 0.15) is 17.3 Å². The van der Waals surface area contributed by atoms with E-state index in [-0.39, 0.29) is 5.82 Å². The zero-order valence-electron chi connectivity index (χ0n) is 11.2. The average molecular weight is 371 g/mol. The second kappa shape index (κ2) is 6.34. The van der Waals surface area contributed by atoms with Gasteiger partial charge in [-0.3, -0.25) is 0 Å². The largest absolute Gasteiger partial charge is 0.456 e. The van der Waals surface area contributed by atoms with Crippen LogP contribution in [0.25, 0.3) is 0 Å². The van der Waals surface area contributed by atoms with Crippen molar-refractivity contribution < 1.29 is 9.13 Å². The van der Waals surface area contributed by atoms with Gasteiger partial charge in [0.05, 0.1) is 4.47 Å². The Bertz CT molecular complexity index is 661. The van der Waals surface area contributed by atoms with Gasteiger partial charge in [0.25, 0.3) is 0 Å². The van der Waals surface area contributed by atoms with Crippen molar-refractivity contribution in [3.05, 3.63) is 57.3 Å². The number of nitrogens with one attached hydrogen (secondary N) is 1. The molecule has 1 aliphatic carbocycles. The molecule has 0 bridgehead atoms. The molecule has 5 heteroatoms. The Balaban J connectivity index is 1.85. The number of rotatable bonds is 5. The lowest BCUT2D eigenvalue weighted by Crippen LogP contribution is -2.15. The SMILES string of the molecule is Fc1ccc(Br)c(Oc2cc(Cl)ccc2CNC2CC2)c1. The van der Waals surface area contributed by atoms with Crippen LogP contribution in [0, 0.1) is 5.82 Å². The maximum absolute atomic E-state index is 13.4. The van der Waals surface area contributed by atoms with E-state index in [0.717, 1.165) is 5.56 Å². The predicted octanol–water partition coefficient (Wildman–Crippen LogP) is 5.29. The van der Waals surface area contributed by atoms with E-state index in [9.17, 15) is 4.39 Å². The highest BCUT2D eigenvalue weighted by Gasteiger charge is 2.21. The van der Waals surface area contributed by atoms with Gasteiger partial charge in [0.2, 0.25) is 0 Å². The minimum atomic E-state index is -0.340. The van der Waals surface area contributed by atoms with E-state index in [0.29, 0.717) is 33.6 Å². The van der Waals surface area contributed by atoms with Gasteiger partial charge in [-0.1, -0.05) is 17.7 Å². The fourth-order valence-corrected chi connectivity index (χ4v) is 2.47. The standard InChI is InChI=1S/C16H14BrClFNO/c17-14-6-3-12(19)8-16(14)21-15-7-11(18)2-1-10(15)9-20-13-4-5-13/h1-3,6-8,13,20H,4-5,9H2. The van der Waals surface area contributed by atoms with Crippen LogP contribution in [0.5, 0.6) is 11.5 Å². The van der Waals surface area contributed by atoms with Crippen molar-refractivity contribution in [1.29, 1.82) is 0 Å². The monoisotopic (exact) mass is 369 g/mol. The summed E-state index contributed by atoms with van der Waals surface area (Å²) < 4.78 is 19.9. The van der Waals surface area contributed by atoms with E-state index in [1.165, 1.54) is 25.0 Å². The van der Waals surface area contributed by atoms with Crippen LogP contribution in [0.1, 0.15) is 18.4 Å². The van der Waals surface area contributed by atoms with Crippen LogP contribution in [-0.4, -0.2) is 6.04 Å². The first kappa shape index (κ1) is 14.8. The quantitative estimate of drug-likeness (QED) is 0.772. The summed E-state index contributed by atoms with van der Waals surface area (Å²) in [6.07, 6.45) is 2.44. The summed E-state index contributed by atoms with van der Waals surface area (Å²) >= 11 is 9.41. The lowest BCUT2D eigenvalue weighted by molar-refractivity contribution is 0.464. The van der Waals surface area contributed by atoms with Crippen LogP contribution in [0.2, 0.25) is 5.02 Å². The lowest BCUT2D eigenvalue weighted by atomic mass is 10.2. The summed E-state index contributed by atoms with van der Waals surface area (Å²) in [5.41, 5.74) is 1.00. The molecule has 1 N–H and O–H groups in total. The average Bonchev–Trinajstić information content (AvgIpc) is 3.26. The van der Waals surface area contributed by atoms with Crippen molar-refractivity contribution in [3.63, 3.8) is 0 Å². The van der Waals surface area contributed by atoms with Gasteiger partial charge < -0.3 is 10.1 Å². The molecule has 0 spiro atoms. The summed E-state index contributed by atoms with van der Waals surface area (Å²) in [5.74, 6) is 0.736. The smallest absolute Gasteiger partial charge is 0.144 e. The Morgan fingerprint density at radius 3 is 2.76 bits per heavy atom. The summed E-state index contributed by atoms with van der Waals surface area (Å²) in [6, 6.07) is 10.5. The Hall–Kier alpha value is -1.10. The van der Waals surface area contributed by atoms with Crippen LogP contribution in [0.4, 0.5) is 4.39 Å². The first-order valence-corrected chi connectivity index (χ1v) is 7.93. The van der Waals surface area contributed by atoms with Gasteiger partial charge in [-0.25, -0.2) is 4.39 Å². The van der Waals surface area contributed by atoms with Crippen LogP contribution in [0.3, 0.4) is 0 Å². The minimum Gasteiger partial charge on any atom is -0.456 e. The van der Waals surface area contributed by atoms with E-state index in [2.05, 4.69) is 21.2 Å². The van der Waals surface area contributed by atoms with E-state index in [1.807, 2.05) is 12.1 Å². The highest BCUT2D eigenvalue weighted by Crippen LogP contribution is 2.34. The molecule has 2 aromatic carbocycles. The van der Waals surface area contributed by atoms with Gasteiger partial charge >= 0.3 is 0 Å². The third-order valence-corrected chi connectivity index (χ3v) is 4.19. The number of hydrogen-bond donors (Lipinski definition) is 1. The number of halogens is 3. The van der Waals surface area contributed by atoms with E-state index in [4.69, 9.17) is 16.3 Å². The van der Waals surface area contributed by atoms with Gasteiger partial charge in [0, 0.05) is 29.2 Å². The molecule has 0 radical (unpaired) electrons. The number of benzene rings is 2. The Morgan fingerprint density at radius 1 is 1.19 bits per heavy atom. The topological polar surface area (TPSA) is 21.3 Å². The zero-order chi connectivity index (χ0) is 14.8. The molecule has 0 heterocycles. The molecular formula is C16H14BrClFNO. The molecule has 1 fully saturated rings. The Labute approximate surface area is 136 Å². The van der Waals surface area contributed by atoms with Crippen molar-refractivity contribution in [3.8, 4) is 11.5 Å². The van der Waals surface area contributed by atoms with Crippen molar-refractivity contribution in [1.82, 2.24) is 5.32 Å². The molecule has 0 atom stereocenters. The molecule has 21 heavy (non-hydrogen) atoms. The molecule has 110 valence electrons. The van der Waals surface area contributed by atoms with Gasteiger partial charge in [-0.05, 0) is 53.0 Å². The maximum atomic E-state index is 13.4. The number of ether oxygens (including phenoxy) is 1. The van der Waals surface area contributed by atoms with Gasteiger partial charge in [-0.15, -0.1) is 0 Å². The molecule has 1 aliphatic rings. The van der Waals surface area contributed by atoms with Crippen molar-refractivity contribution in [2.24, 2.45) is 0 Å². The Morgan fingerprint density at radius 2 is 2.00 bits per heavy atom. The second-order valence-electron chi connectivity index (χ2n) is 5.08. The second-order valence-corrected chi connectivity index (χ2v) is 6.37. The minimum absolute atomic E-state index is 0.340. The van der Waals surface area contributed by atoms with Crippen LogP contribution >= 0.6 is 27.5 Å². The summed E-state index contributed by atoms with van der Waals surface area (Å²) in [4.78, 5) is 0. The van der Waals surface area contributed by atoms with Crippen LogP contribution in [-0.2, 0) is 6.54 Å². The molecule has 1 saturated carbocycles. The Kier molecular flexibility index (Phi) is 4.48. The normalized spacial score (nSPS) is 14.2. The molecule has 3 rings (SSSR count). The van der Waals surface area contributed by atoms with E-state index >= 15 is 0 Å². The van der Waals surface area contributed by atoms with Gasteiger partial charge in [0.15, 0.2) is 0 Å². The highest BCUT2D eigenvalue weighted by molar-refractivity contribution is 9.10. The fraction of sp³-hybridized carbons (Fsp3) is 0.250. The lowest BCUT2D eigenvalue weighted by Gasteiger charge is -2.13. The van der Waals surface area contributed by atoms with Crippen LogP contribution < -0.4 is 10.1 Å². The molecular weight excluding hydrogens is 357 g/mol. The molecule has 0 saturated heterocycles. The van der Waals surface area contributed by atoms with Crippen LogP contribution in [0.15, 0.2) is 40.9 Å². The van der Waals surface area contributed by atoms with Gasteiger partial charge in [-0.2, -0.15) is 0 Å². The van der Waals surface area contributed by atoms with Crippen molar-refractivity contribution in [2.75, 3.05) is 0 Å². The summed E-state index contributed by atoms with van der Waals surface area (Å²) in [5, 5.41) is 4.03. The van der Waals surface area contributed by atoms with Crippen molar-refractivity contribution in [2.45, 2.75) is 25.4 Å². The molecule has 0 aromatic heterocycles. The maximum Gasteiger partial charge on any atom is 0.144 e. The zero-order valence-corrected chi connectivity index (χ0v) is 13.5. The molecule has 0 aliphatic heterocycles. The fourth-order valence-electron chi connectivity index (χ4n) is 1.99. The van der Waals surface area contributed by atoms with E-state index < -0.39 is 0 Å². The third kappa shape index (κ3) is 3.96. The first-order valence-electron chi connectivity index (χ1n) is 6.76. The highest BCUT2D eigenvalue weighted by atomic mass is 79.9. The molecule has 0 unspecified atom stereocenters. The first-order chi connectivity index (χ1) is 10.1. The third-order valence-electron chi connectivity index (χ3n) is 3.30.